The Bertz CT molecular complexity index is 698. The fraction of sp³-hybridized carbons (Fsp3) is 0.154. The molecule has 0 aliphatic carbocycles. The molecule has 0 aromatic carbocycles. The molecule has 0 aliphatic heterocycles. The SMILES string of the molecule is COC(=O)c1cc(=O)[nH]c(-c2ccco2)c1C(=O)OC. The molecule has 0 atom stereocenters. The molecule has 2 rings (SSSR count). The Morgan fingerprint density at radius 1 is 1.20 bits per heavy atom. The van der Waals surface area contributed by atoms with Gasteiger partial charge in [0.1, 0.15) is 5.56 Å². The zero-order valence-electron chi connectivity index (χ0n) is 10.8. The average molecular weight is 277 g/mol. The van der Waals surface area contributed by atoms with Gasteiger partial charge < -0.3 is 18.9 Å². The Labute approximate surface area is 113 Å². The van der Waals surface area contributed by atoms with Crippen LogP contribution in [0.5, 0.6) is 0 Å². The molecule has 0 spiro atoms. The number of rotatable bonds is 3. The molecule has 7 nitrogen and oxygen atoms in total. The summed E-state index contributed by atoms with van der Waals surface area (Å²) < 4.78 is 14.4. The Balaban J connectivity index is 2.79. The first-order valence-corrected chi connectivity index (χ1v) is 5.56. The van der Waals surface area contributed by atoms with Crippen molar-refractivity contribution >= 4 is 11.9 Å². The van der Waals surface area contributed by atoms with Gasteiger partial charge in [0.15, 0.2) is 5.76 Å². The van der Waals surface area contributed by atoms with Crippen molar-refractivity contribution in [2.45, 2.75) is 0 Å². The lowest BCUT2D eigenvalue weighted by molar-refractivity contribution is 0.0555. The lowest BCUT2D eigenvalue weighted by Gasteiger charge is -2.09. The van der Waals surface area contributed by atoms with Crippen LogP contribution in [0.15, 0.2) is 33.7 Å². The molecule has 0 fully saturated rings. The summed E-state index contributed by atoms with van der Waals surface area (Å²) in [6, 6.07) is 4.10. The highest BCUT2D eigenvalue weighted by Crippen LogP contribution is 2.24. The molecular weight excluding hydrogens is 266 g/mol. The van der Waals surface area contributed by atoms with Gasteiger partial charge in [0.25, 0.3) is 0 Å². The molecule has 2 heterocycles. The van der Waals surface area contributed by atoms with Crippen molar-refractivity contribution in [2.75, 3.05) is 14.2 Å². The number of furan rings is 1. The Kier molecular flexibility index (Phi) is 3.69. The van der Waals surface area contributed by atoms with E-state index in [1.165, 1.54) is 13.4 Å². The quantitative estimate of drug-likeness (QED) is 0.846. The Hall–Kier alpha value is -2.83. The summed E-state index contributed by atoms with van der Waals surface area (Å²) in [6.45, 7) is 0. The predicted octanol–water partition coefficient (Wildman–Crippen LogP) is 1.21. The minimum absolute atomic E-state index is 0.0646. The van der Waals surface area contributed by atoms with Crippen molar-refractivity contribution < 1.29 is 23.5 Å². The number of aromatic amines is 1. The minimum Gasteiger partial charge on any atom is -0.465 e. The normalized spacial score (nSPS) is 10.1. The number of carbonyl (C=O) groups excluding carboxylic acids is 2. The summed E-state index contributed by atoms with van der Waals surface area (Å²) in [5.74, 6) is -1.37. The van der Waals surface area contributed by atoms with E-state index in [2.05, 4.69) is 14.5 Å². The molecule has 0 bridgehead atoms. The number of ether oxygens (including phenoxy) is 2. The van der Waals surface area contributed by atoms with Gasteiger partial charge in [-0.05, 0) is 12.1 Å². The molecule has 20 heavy (non-hydrogen) atoms. The molecular formula is C13H11NO6. The standard InChI is InChI=1S/C13H11NO6/c1-18-12(16)7-6-9(15)14-11(8-4-3-5-20-8)10(7)13(17)19-2/h3-6H,1-2H3,(H,14,15). The third-order valence-electron chi connectivity index (χ3n) is 2.61. The molecule has 0 radical (unpaired) electrons. The van der Waals surface area contributed by atoms with Crippen LogP contribution in [0.1, 0.15) is 20.7 Å². The van der Waals surface area contributed by atoms with E-state index in [0.29, 0.717) is 0 Å². The number of esters is 2. The van der Waals surface area contributed by atoms with Gasteiger partial charge in [-0.2, -0.15) is 0 Å². The van der Waals surface area contributed by atoms with E-state index in [9.17, 15) is 14.4 Å². The number of hydrogen-bond donors (Lipinski definition) is 1. The third-order valence-corrected chi connectivity index (χ3v) is 2.61. The summed E-state index contributed by atoms with van der Waals surface area (Å²) in [4.78, 5) is 37.7. The van der Waals surface area contributed by atoms with E-state index in [-0.39, 0.29) is 22.6 Å². The van der Waals surface area contributed by atoms with Crippen LogP contribution in [0, 0.1) is 0 Å². The van der Waals surface area contributed by atoms with E-state index in [1.807, 2.05) is 0 Å². The topological polar surface area (TPSA) is 98.6 Å². The van der Waals surface area contributed by atoms with Gasteiger partial charge in [-0.25, -0.2) is 9.59 Å². The first-order valence-electron chi connectivity index (χ1n) is 5.56. The molecule has 0 amide bonds. The lowest BCUT2D eigenvalue weighted by Crippen LogP contribution is -2.20. The summed E-state index contributed by atoms with van der Waals surface area (Å²) in [5.41, 5.74) is -0.803. The van der Waals surface area contributed by atoms with Crippen LogP contribution in [0.4, 0.5) is 0 Å². The van der Waals surface area contributed by atoms with Crippen LogP contribution in [0.25, 0.3) is 11.5 Å². The molecule has 104 valence electrons. The van der Waals surface area contributed by atoms with Gasteiger partial charge in [0.05, 0.1) is 31.7 Å². The fourth-order valence-corrected chi connectivity index (χ4v) is 1.75. The number of H-pyrrole nitrogens is 1. The smallest absolute Gasteiger partial charge is 0.341 e. The van der Waals surface area contributed by atoms with Crippen molar-refractivity contribution in [1.29, 1.82) is 0 Å². The van der Waals surface area contributed by atoms with Crippen LogP contribution >= 0.6 is 0 Å². The number of aromatic nitrogens is 1. The van der Waals surface area contributed by atoms with Gasteiger partial charge >= 0.3 is 11.9 Å². The van der Waals surface area contributed by atoms with Crippen molar-refractivity contribution in [3.63, 3.8) is 0 Å². The van der Waals surface area contributed by atoms with E-state index < -0.39 is 17.5 Å². The van der Waals surface area contributed by atoms with Crippen LogP contribution in [0.2, 0.25) is 0 Å². The first kappa shape index (κ1) is 13.6. The highest BCUT2D eigenvalue weighted by Gasteiger charge is 2.25. The first-order chi connectivity index (χ1) is 9.58. The molecule has 7 heteroatoms. The molecule has 0 aliphatic rings. The third kappa shape index (κ3) is 2.33. The summed E-state index contributed by atoms with van der Waals surface area (Å²) in [6.07, 6.45) is 1.37. The Morgan fingerprint density at radius 2 is 1.90 bits per heavy atom. The zero-order valence-corrected chi connectivity index (χ0v) is 10.8. The second-order valence-corrected chi connectivity index (χ2v) is 3.76. The fourth-order valence-electron chi connectivity index (χ4n) is 1.75. The van der Waals surface area contributed by atoms with Crippen molar-refractivity contribution in [2.24, 2.45) is 0 Å². The number of hydrogen-bond acceptors (Lipinski definition) is 6. The highest BCUT2D eigenvalue weighted by molar-refractivity contribution is 6.06. The molecule has 0 saturated heterocycles. The van der Waals surface area contributed by atoms with E-state index >= 15 is 0 Å². The maximum atomic E-state index is 11.9. The van der Waals surface area contributed by atoms with Gasteiger partial charge in [-0.3, -0.25) is 4.79 Å². The highest BCUT2D eigenvalue weighted by atomic mass is 16.5. The second-order valence-electron chi connectivity index (χ2n) is 3.76. The maximum Gasteiger partial charge on any atom is 0.341 e. The number of methoxy groups -OCH3 is 2. The second kappa shape index (κ2) is 5.43. The van der Waals surface area contributed by atoms with Crippen LogP contribution in [0.3, 0.4) is 0 Å². The van der Waals surface area contributed by atoms with Gasteiger partial charge in [0.2, 0.25) is 5.56 Å². The van der Waals surface area contributed by atoms with Gasteiger partial charge in [0, 0.05) is 6.07 Å². The number of carbonyl (C=O) groups is 2. The molecule has 0 saturated carbocycles. The number of nitrogens with one attached hydrogen (secondary N) is 1. The van der Waals surface area contributed by atoms with E-state index in [0.717, 1.165) is 13.2 Å². The average Bonchev–Trinajstić information content (AvgIpc) is 2.98. The number of pyridine rings is 1. The van der Waals surface area contributed by atoms with E-state index in [4.69, 9.17) is 4.42 Å². The lowest BCUT2D eigenvalue weighted by atomic mass is 10.0. The van der Waals surface area contributed by atoms with Crippen LogP contribution in [-0.2, 0) is 9.47 Å². The van der Waals surface area contributed by atoms with Gasteiger partial charge in [-0.15, -0.1) is 0 Å². The summed E-state index contributed by atoms with van der Waals surface area (Å²) in [5, 5.41) is 0. The molecule has 1 N–H and O–H groups in total. The molecule has 0 unspecified atom stereocenters. The van der Waals surface area contributed by atoms with Gasteiger partial charge in [-0.1, -0.05) is 0 Å². The van der Waals surface area contributed by atoms with Crippen molar-refractivity contribution in [3.05, 3.63) is 45.9 Å². The minimum atomic E-state index is -0.815. The molecule has 2 aromatic heterocycles. The summed E-state index contributed by atoms with van der Waals surface area (Å²) in [7, 11) is 2.32. The zero-order chi connectivity index (χ0) is 14.7. The summed E-state index contributed by atoms with van der Waals surface area (Å²) >= 11 is 0. The maximum absolute atomic E-state index is 11.9. The van der Waals surface area contributed by atoms with Crippen molar-refractivity contribution in [1.82, 2.24) is 4.98 Å². The van der Waals surface area contributed by atoms with Crippen LogP contribution < -0.4 is 5.56 Å². The molecule has 2 aromatic rings. The largest absolute Gasteiger partial charge is 0.465 e. The monoisotopic (exact) mass is 277 g/mol. The van der Waals surface area contributed by atoms with Crippen molar-refractivity contribution in [3.8, 4) is 11.5 Å². The van der Waals surface area contributed by atoms with E-state index in [1.54, 1.807) is 12.1 Å². The van der Waals surface area contributed by atoms with Crippen LogP contribution in [-0.4, -0.2) is 31.1 Å². The Morgan fingerprint density at radius 3 is 2.45 bits per heavy atom. The predicted molar refractivity (Wildman–Crippen MR) is 67.4 cm³/mol.